The highest BCUT2D eigenvalue weighted by Crippen LogP contribution is 2.28. The SMILES string of the molecule is O=C(O)CCN(CCc1ccccc1)C(=O)c1ccccc1-c1ccccc1C(=O)NCc1cccs1. The number of carboxylic acids is 1. The van der Waals surface area contributed by atoms with Gasteiger partial charge in [0, 0.05) is 29.1 Å². The molecule has 0 spiro atoms. The Bertz CT molecular complexity index is 1350. The van der Waals surface area contributed by atoms with Crippen LogP contribution in [0.3, 0.4) is 0 Å². The van der Waals surface area contributed by atoms with Crippen molar-refractivity contribution < 1.29 is 19.5 Å². The van der Waals surface area contributed by atoms with Crippen LogP contribution in [0.4, 0.5) is 0 Å². The molecule has 6 nitrogen and oxygen atoms in total. The molecule has 0 radical (unpaired) electrons. The predicted molar refractivity (Wildman–Crippen MR) is 146 cm³/mol. The molecule has 4 rings (SSSR count). The molecule has 0 saturated carbocycles. The van der Waals surface area contributed by atoms with Crippen molar-refractivity contribution in [1.29, 1.82) is 0 Å². The van der Waals surface area contributed by atoms with Crippen LogP contribution in [0.25, 0.3) is 11.1 Å². The van der Waals surface area contributed by atoms with Gasteiger partial charge in [-0.25, -0.2) is 0 Å². The fourth-order valence-corrected chi connectivity index (χ4v) is 4.77. The van der Waals surface area contributed by atoms with Crippen molar-refractivity contribution in [3.8, 4) is 11.1 Å². The molecule has 3 aromatic carbocycles. The molecular weight excluding hydrogens is 484 g/mol. The number of rotatable bonds is 11. The first kappa shape index (κ1) is 25.9. The number of hydrogen-bond donors (Lipinski definition) is 2. The monoisotopic (exact) mass is 512 g/mol. The molecule has 0 atom stereocenters. The zero-order valence-electron chi connectivity index (χ0n) is 20.3. The van der Waals surface area contributed by atoms with E-state index in [1.165, 1.54) is 0 Å². The molecule has 0 fully saturated rings. The highest BCUT2D eigenvalue weighted by atomic mass is 32.1. The fourth-order valence-electron chi connectivity index (χ4n) is 4.12. The first-order chi connectivity index (χ1) is 18.0. The van der Waals surface area contributed by atoms with Crippen LogP contribution in [0.2, 0.25) is 0 Å². The van der Waals surface area contributed by atoms with Crippen LogP contribution in [-0.2, 0) is 17.8 Å². The summed E-state index contributed by atoms with van der Waals surface area (Å²) in [4.78, 5) is 40.8. The van der Waals surface area contributed by atoms with Crippen LogP contribution in [0.1, 0.15) is 37.6 Å². The van der Waals surface area contributed by atoms with Crippen molar-refractivity contribution in [2.45, 2.75) is 19.4 Å². The Hall–Kier alpha value is -4.23. The maximum Gasteiger partial charge on any atom is 0.305 e. The van der Waals surface area contributed by atoms with Gasteiger partial charge in [-0.05, 0) is 46.7 Å². The van der Waals surface area contributed by atoms with E-state index in [9.17, 15) is 19.5 Å². The van der Waals surface area contributed by atoms with E-state index in [-0.39, 0.29) is 24.8 Å². The number of benzene rings is 3. The fraction of sp³-hybridized carbons (Fsp3) is 0.167. The van der Waals surface area contributed by atoms with Crippen molar-refractivity contribution in [3.05, 3.63) is 118 Å². The molecule has 0 bridgehead atoms. The second-order valence-corrected chi connectivity index (χ2v) is 9.56. The van der Waals surface area contributed by atoms with Gasteiger partial charge in [-0.15, -0.1) is 11.3 Å². The molecule has 0 aliphatic carbocycles. The molecule has 188 valence electrons. The van der Waals surface area contributed by atoms with Crippen LogP contribution in [0.5, 0.6) is 0 Å². The second kappa shape index (κ2) is 12.6. The summed E-state index contributed by atoms with van der Waals surface area (Å²) in [6.45, 7) is 0.902. The third kappa shape index (κ3) is 6.92. The Morgan fingerprint density at radius 2 is 1.41 bits per heavy atom. The van der Waals surface area contributed by atoms with E-state index in [0.717, 1.165) is 10.4 Å². The molecule has 0 saturated heterocycles. The number of hydrogen-bond acceptors (Lipinski definition) is 4. The largest absolute Gasteiger partial charge is 0.481 e. The summed E-state index contributed by atoms with van der Waals surface area (Å²) >= 11 is 1.57. The van der Waals surface area contributed by atoms with E-state index in [2.05, 4.69) is 5.32 Å². The van der Waals surface area contributed by atoms with Gasteiger partial charge in [0.25, 0.3) is 11.8 Å². The van der Waals surface area contributed by atoms with E-state index in [4.69, 9.17) is 0 Å². The number of nitrogens with zero attached hydrogens (tertiary/aromatic N) is 1. The minimum Gasteiger partial charge on any atom is -0.481 e. The zero-order valence-corrected chi connectivity index (χ0v) is 21.1. The number of carbonyl (C=O) groups is 3. The van der Waals surface area contributed by atoms with E-state index in [1.807, 2.05) is 72.1 Å². The number of thiophene rings is 1. The molecule has 37 heavy (non-hydrogen) atoms. The van der Waals surface area contributed by atoms with Crippen molar-refractivity contribution in [1.82, 2.24) is 10.2 Å². The zero-order chi connectivity index (χ0) is 26.0. The van der Waals surface area contributed by atoms with Crippen LogP contribution in [0.15, 0.2) is 96.4 Å². The molecule has 0 aliphatic rings. The highest BCUT2D eigenvalue weighted by Gasteiger charge is 2.22. The molecule has 2 amide bonds. The van der Waals surface area contributed by atoms with Crippen molar-refractivity contribution >= 4 is 29.1 Å². The van der Waals surface area contributed by atoms with Gasteiger partial charge in [0.15, 0.2) is 0 Å². The van der Waals surface area contributed by atoms with Crippen LogP contribution >= 0.6 is 11.3 Å². The van der Waals surface area contributed by atoms with Gasteiger partial charge in [-0.2, -0.15) is 0 Å². The summed E-state index contributed by atoms with van der Waals surface area (Å²) in [5.41, 5.74) is 3.25. The normalized spacial score (nSPS) is 10.6. The average molecular weight is 513 g/mol. The Kier molecular flexibility index (Phi) is 8.84. The van der Waals surface area contributed by atoms with Gasteiger partial charge < -0.3 is 15.3 Å². The van der Waals surface area contributed by atoms with E-state index in [1.54, 1.807) is 40.5 Å². The summed E-state index contributed by atoms with van der Waals surface area (Å²) in [6, 6.07) is 28.1. The number of amides is 2. The Morgan fingerprint density at radius 1 is 0.757 bits per heavy atom. The number of aliphatic carboxylic acids is 1. The molecule has 2 N–H and O–H groups in total. The molecule has 0 aliphatic heterocycles. The minimum absolute atomic E-state index is 0.0955. The van der Waals surface area contributed by atoms with Gasteiger partial charge in [0.2, 0.25) is 0 Å². The van der Waals surface area contributed by atoms with Gasteiger partial charge in [0.1, 0.15) is 0 Å². The summed E-state index contributed by atoms with van der Waals surface area (Å²) in [5, 5.41) is 14.2. The number of nitrogens with one attached hydrogen (secondary N) is 1. The smallest absolute Gasteiger partial charge is 0.305 e. The molecule has 0 unspecified atom stereocenters. The minimum atomic E-state index is -0.960. The summed E-state index contributed by atoms with van der Waals surface area (Å²) in [7, 11) is 0. The molecule has 1 aromatic heterocycles. The molecular formula is C30H28N2O4S. The second-order valence-electron chi connectivity index (χ2n) is 8.52. The van der Waals surface area contributed by atoms with E-state index in [0.29, 0.717) is 41.8 Å². The maximum absolute atomic E-state index is 13.8. The third-order valence-corrected chi connectivity index (χ3v) is 6.90. The summed E-state index contributed by atoms with van der Waals surface area (Å²) in [5.74, 6) is -1.45. The number of carbonyl (C=O) groups excluding carboxylic acids is 2. The topological polar surface area (TPSA) is 86.7 Å². The van der Waals surface area contributed by atoms with Crippen molar-refractivity contribution in [2.75, 3.05) is 13.1 Å². The molecule has 1 heterocycles. The van der Waals surface area contributed by atoms with Crippen LogP contribution < -0.4 is 5.32 Å². The quantitative estimate of drug-likeness (QED) is 0.278. The van der Waals surface area contributed by atoms with E-state index < -0.39 is 5.97 Å². The first-order valence-corrected chi connectivity index (χ1v) is 12.9. The highest BCUT2D eigenvalue weighted by molar-refractivity contribution is 7.09. The van der Waals surface area contributed by atoms with E-state index >= 15 is 0 Å². The Labute approximate surface area is 220 Å². The predicted octanol–water partition coefficient (Wildman–Crippen LogP) is 5.50. The molecule has 4 aromatic rings. The molecule has 7 heteroatoms. The standard InChI is InChI=1S/C30H28N2O4S/c33-28(34)17-19-32(18-16-22-9-2-1-3-10-22)30(36)27-15-7-5-13-25(27)24-12-4-6-14-26(24)29(35)31-21-23-11-8-20-37-23/h1-15,20H,16-19,21H2,(H,31,35)(H,33,34). The lowest BCUT2D eigenvalue weighted by molar-refractivity contribution is -0.137. The van der Waals surface area contributed by atoms with Crippen molar-refractivity contribution in [2.24, 2.45) is 0 Å². The van der Waals surface area contributed by atoms with Gasteiger partial charge >= 0.3 is 5.97 Å². The van der Waals surface area contributed by atoms with Crippen molar-refractivity contribution in [3.63, 3.8) is 0 Å². The van der Waals surface area contributed by atoms with Crippen LogP contribution in [-0.4, -0.2) is 40.9 Å². The lowest BCUT2D eigenvalue weighted by atomic mass is 9.94. The third-order valence-electron chi connectivity index (χ3n) is 6.02. The van der Waals surface area contributed by atoms with Gasteiger partial charge in [-0.3, -0.25) is 14.4 Å². The first-order valence-electron chi connectivity index (χ1n) is 12.1. The maximum atomic E-state index is 13.8. The summed E-state index contributed by atoms with van der Waals surface area (Å²) < 4.78 is 0. The Morgan fingerprint density at radius 3 is 2.08 bits per heavy atom. The number of carboxylic acid groups (broad SMARTS) is 1. The van der Waals surface area contributed by atoms with Gasteiger partial charge in [-0.1, -0.05) is 72.8 Å². The lowest BCUT2D eigenvalue weighted by Crippen LogP contribution is -2.35. The lowest BCUT2D eigenvalue weighted by Gasteiger charge is -2.24. The van der Waals surface area contributed by atoms with Crippen LogP contribution in [0, 0.1) is 0 Å². The van der Waals surface area contributed by atoms with Gasteiger partial charge in [0.05, 0.1) is 13.0 Å². The average Bonchev–Trinajstić information content (AvgIpc) is 3.46. The Balaban J connectivity index is 1.61. The summed E-state index contributed by atoms with van der Waals surface area (Å²) in [6.07, 6.45) is 0.459.